The number of rotatable bonds is 7. The second-order valence-electron chi connectivity index (χ2n) is 7.77. The summed E-state index contributed by atoms with van der Waals surface area (Å²) in [6.45, 7) is 3.44. The molecule has 4 amide bonds. The summed E-state index contributed by atoms with van der Waals surface area (Å²) < 4.78 is 0. The molecule has 0 aliphatic carbocycles. The molecule has 0 radical (unpaired) electrons. The summed E-state index contributed by atoms with van der Waals surface area (Å²) in [6, 6.07) is -3.94. The summed E-state index contributed by atoms with van der Waals surface area (Å²) in [6.07, 6.45) is -0.170. The Morgan fingerprint density at radius 2 is 1.52 bits per heavy atom. The maximum Gasteiger partial charge on any atom is 0.246 e. The normalized spacial score (nSPS) is 26.0. The number of carbonyl (C=O) groups is 4. The molecule has 2 saturated heterocycles. The summed E-state index contributed by atoms with van der Waals surface area (Å²) in [4.78, 5) is 52.5. The van der Waals surface area contributed by atoms with E-state index in [2.05, 4.69) is 5.32 Å². The van der Waals surface area contributed by atoms with Crippen LogP contribution in [0.4, 0.5) is 0 Å². The molecular formula is C18H31N5O6. The van der Waals surface area contributed by atoms with Gasteiger partial charge in [-0.2, -0.15) is 0 Å². The number of hydrogen-bond donors (Lipinski definition) is 5. The van der Waals surface area contributed by atoms with Crippen LogP contribution in [0.15, 0.2) is 0 Å². The van der Waals surface area contributed by atoms with E-state index in [9.17, 15) is 29.4 Å². The Bertz CT molecular complexity index is 655. The van der Waals surface area contributed by atoms with Gasteiger partial charge in [-0.15, -0.1) is 0 Å². The summed E-state index contributed by atoms with van der Waals surface area (Å²) in [5.41, 5.74) is 11.0. The van der Waals surface area contributed by atoms with Gasteiger partial charge in [0.1, 0.15) is 24.2 Å². The number of amides is 4. The van der Waals surface area contributed by atoms with Crippen molar-refractivity contribution >= 4 is 23.6 Å². The Morgan fingerprint density at radius 3 is 2.03 bits per heavy atom. The zero-order chi connectivity index (χ0) is 21.9. The van der Waals surface area contributed by atoms with Crippen LogP contribution in [-0.2, 0) is 19.2 Å². The number of likely N-dealkylation sites (tertiary alicyclic amines) is 2. The Kier molecular flexibility index (Phi) is 7.55. The van der Waals surface area contributed by atoms with Gasteiger partial charge in [0.2, 0.25) is 23.6 Å². The second kappa shape index (κ2) is 9.51. The summed E-state index contributed by atoms with van der Waals surface area (Å²) in [5.74, 6) is -2.31. The van der Waals surface area contributed by atoms with Gasteiger partial charge in [-0.25, -0.2) is 0 Å². The first-order valence-corrected chi connectivity index (χ1v) is 9.88. The predicted octanol–water partition coefficient (Wildman–Crippen LogP) is -2.97. The summed E-state index contributed by atoms with van der Waals surface area (Å²) in [7, 11) is 0. The van der Waals surface area contributed by atoms with Crippen LogP contribution in [-0.4, -0.2) is 93.1 Å². The number of primary amides is 1. The van der Waals surface area contributed by atoms with Crippen molar-refractivity contribution in [2.45, 2.75) is 75.9 Å². The highest BCUT2D eigenvalue weighted by Gasteiger charge is 2.43. The Labute approximate surface area is 169 Å². The average Bonchev–Trinajstić information content (AvgIpc) is 3.32. The van der Waals surface area contributed by atoms with E-state index in [1.54, 1.807) is 0 Å². The molecule has 0 spiro atoms. The SMILES string of the molecule is CC(O)[C@H](N)C(=O)N1CCC[C@@H]1C(=O)N1CCC[C@H]1C(=O)N[C@H](C(N)=O)[C@@H](C)O. The van der Waals surface area contributed by atoms with Gasteiger partial charge in [0.05, 0.1) is 12.2 Å². The molecule has 0 bridgehead atoms. The minimum Gasteiger partial charge on any atom is -0.391 e. The number of carbonyl (C=O) groups excluding carboxylic acids is 4. The van der Waals surface area contributed by atoms with E-state index in [-0.39, 0.29) is 5.91 Å². The van der Waals surface area contributed by atoms with Crippen LogP contribution in [0.5, 0.6) is 0 Å². The lowest BCUT2D eigenvalue weighted by Crippen LogP contribution is -2.58. The van der Waals surface area contributed by atoms with Crippen molar-refractivity contribution in [2.24, 2.45) is 11.5 Å². The molecule has 2 fully saturated rings. The second-order valence-corrected chi connectivity index (χ2v) is 7.77. The van der Waals surface area contributed by atoms with E-state index in [0.717, 1.165) is 0 Å². The third-order valence-electron chi connectivity index (χ3n) is 5.55. The first kappa shape index (κ1) is 23.0. The molecule has 11 nitrogen and oxygen atoms in total. The predicted molar refractivity (Wildman–Crippen MR) is 102 cm³/mol. The maximum atomic E-state index is 13.1. The van der Waals surface area contributed by atoms with E-state index in [0.29, 0.717) is 38.8 Å². The van der Waals surface area contributed by atoms with Crippen molar-refractivity contribution < 1.29 is 29.4 Å². The van der Waals surface area contributed by atoms with Gasteiger partial charge in [-0.05, 0) is 39.5 Å². The minimum atomic E-state index is -1.26. The number of nitrogens with one attached hydrogen (secondary N) is 1. The van der Waals surface area contributed by atoms with Crippen LogP contribution in [0, 0.1) is 0 Å². The van der Waals surface area contributed by atoms with Crippen LogP contribution in [0.25, 0.3) is 0 Å². The zero-order valence-corrected chi connectivity index (χ0v) is 16.8. The standard InChI is InChI=1S/C18H31N5O6/c1-9(24)13(19)18(29)23-8-4-6-12(23)17(28)22-7-3-5-11(22)16(27)21-14(10(2)25)15(20)26/h9-14,24-25H,3-8,19H2,1-2H3,(H2,20,26)(H,21,27)/t9?,10-,11+,12-,13+,14+/m1/s1. The molecule has 11 heteroatoms. The molecule has 0 aromatic carbocycles. The smallest absolute Gasteiger partial charge is 0.246 e. The number of hydrogen-bond acceptors (Lipinski definition) is 7. The molecule has 2 aliphatic rings. The van der Waals surface area contributed by atoms with Crippen LogP contribution < -0.4 is 16.8 Å². The third kappa shape index (κ3) is 5.03. The van der Waals surface area contributed by atoms with Crippen molar-refractivity contribution in [2.75, 3.05) is 13.1 Å². The summed E-state index contributed by atoms with van der Waals surface area (Å²) in [5, 5.41) is 21.6. The number of nitrogens with two attached hydrogens (primary N) is 2. The molecular weight excluding hydrogens is 382 g/mol. The highest BCUT2D eigenvalue weighted by molar-refractivity contribution is 5.95. The van der Waals surface area contributed by atoms with E-state index in [1.165, 1.54) is 23.6 Å². The molecule has 0 aromatic rings. The number of aliphatic hydroxyl groups is 2. The molecule has 29 heavy (non-hydrogen) atoms. The lowest BCUT2D eigenvalue weighted by atomic mass is 10.1. The van der Waals surface area contributed by atoms with Gasteiger partial charge in [-0.1, -0.05) is 0 Å². The van der Waals surface area contributed by atoms with E-state index in [1.807, 2.05) is 0 Å². The number of aliphatic hydroxyl groups excluding tert-OH is 2. The minimum absolute atomic E-state index is 0.341. The van der Waals surface area contributed by atoms with E-state index >= 15 is 0 Å². The largest absolute Gasteiger partial charge is 0.391 e. The quantitative estimate of drug-likeness (QED) is 0.295. The fourth-order valence-electron chi connectivity index (χ4n) is 3.86. The zero-order valence-electron chi connectivity index (χ0n) is 16.8. The van der Waals surface area contributed by atoms with Gasteiger partial charge in [0.15, 0.2) is 0 Å². The summed E-state index contributed by atoms with van der Waals surface area (Å²) >= 11 is 0. The van der Waals surface area contributed by atoms with Crippen molar-refractivity contribution in [3.63, 3.8) is 0 Å². The van der Waals surface area contributed by atoms with Gasteiger partial charge in [-0.3, -0.25) is 19.2 Å². The first-order chi connectivity index (χ1) is 13.6. The van der Waals surface area contributed by atoms with Crippen LogP contribution in [0.1, 0.15) is 39.5 Å². The topological polar surface area (TPSA) is 179 Å². The molecule has 1 unspecified atom stereocenters. The lowest BCUT2D eigenvalue weighted by molar-refractivity contribution is -0.148. The highest BCUT2D eigenvalue weighted by atomic mass is 16.3. The van der Waals surface area contributed by atoms with Crippen molar-refractivity contribution in [3.8, 4) is 0 Å². The molecule has 2 heterocycles. The molecule has 0 aromatic heterocycles. The molecule has 164 valence electrons. The van der Waals surface area contributed by atoms with Crippen molar-refractivity contribution in [1.29, 1.82) is 0 Å². The fourth-order valence-corrected chi connectivity index (χ4v) is 3.86. The van der Waals surface area contributed by atoms with E-state index in [4.69, 9.17) is 11.5 Å². The Balaban J connectivity index is 2.11. The molecule has 7 N–H and O–H groups in total. The molecule has 6 atom stereocenters. The van der Waals surface area contributed by atoms with Crippen LogP contribution in [0.3, 0.4) is 0 Å². The van der Waals surface area contributed by atoms with Gasteiger partial charge in [0.25, 0.3) is 0 Å². The Hall–Kier alpha value is -2.24. The fraction of sp³-hybridized carbons (Fsp3) is 0.778. The molecule has 2 rings (SSSR count). The van der Waals surface area contributed by atoms with Crippen LogP contribution in [0.2, 0.25) is 0 Å². The Morgan fingerprint density at radius 1 is 0.966 bits per heavy atom. The molecule has 0 saturated carbocycles. The number of nitrogens with zero attached hydrogens (tertiary/aromatic N) is 2. The van der Waals surface area contributed by atoms with Gasteiger partial charge < -0.3 is 36.8 Å². The van der Waals surface area contributed by atoms with Crippen LogP contribution >= 0.6 is 0 Å². The van der Waals surface area contributed by atoms with Crippen molar-refractivity contribution in [3.05, 3.63) is 0 Å². The van der Waals surface area contributed by atoms with Crippen molar-refractivity contribution in [1.82, 2.24) is 15.1 Å². The van der Waals surface area contributed by atoms with Gasteiger partial charge in [0, 0.05) is 13.1 Å². The maximum absolute atomic E-state index is 13.1. The average molecular weight is 413 g/mol. The third-order valence-corrected chi connectivity index (χ3v) is 5.55. The van der Waals surface area contributed by atoms with Gasteiger partial charge >= 0.3 is 0 Å². The molecule has 2 aliphatic heterocycles. The first-order valence-electron chi connectivity index (χ1n) is 9.88. The monoisotopic (exact) mass is 413 g/mol. The van der Waals surface area contributed by atoms with E-state index < -0.39 is 54.1 Å². The lowest BCUT2D eigenvalue weighted by Gasteiger charge is -2.33. The highest BCUT2D eigenvalue weighted by Crippen LogP contribution is 2.25.